The van der Waals surface area contributed by atoms with Crippen LogP contribution in [-0.2, 0) is 6.54 Å². The zero-order chi connectivity index (χ0) is 14.7. The molecule has 0 aliphatic heterocycles. The Morgan fingerprint density at radius 3 is 2.65 bits per heavy atom. The number of hydrogen-bond acceptors (Lipinski definition) is 3. The summed E-state index contributed by atoms with van der Waals surface area (Å²) in [6, 6.07) is 3.82. The molecule has 0 unspecified atom stereocenters. The monoisotopic (exact) mass is 292 g/mol. The lowest BCUT2D eigenvalue weighted by molar-refractivity contribution is 0.570. The molecule has 0 amide bonds. The second-order valence-electron chi connectivity index (χ2n) is 5.15. The number of rotatable bonds is 5. The number of H-pyrrole nitrogens is 2. The first-order chi connectivity index (χ1) is 9.54. The minimum absolute atomic E-state index is 0.0117. The van der Waals surface area contributed by atoms with Gasteiger partial charge in [-0.25, -0.2) is 0 Å². The third-order valence-electron chi connectivity index (χ3n) is 3.29. The summed E-state index contributed by atoms with van der Waals surface area (Å²) in [7, 11) is 0. The fraction of sp³-hybridized carbons (Fsp3) is 0.500. The normalized spacial score (nSPS) is 11.2. The number of aromatic nitrogens is 4. The smallest absolute Gasteiger partial charge is 0.261 e. The van der Waals surface area contributed by atoms with Gasteiger partial charge >= 0.3 is 0 Å². The molecule has 2 N–H and O–H groups in total. The van der Waals surface area contributed by atoms with Crippen molar-refractivity contribution in [3.63, 3.8) is 0 Å². The Morgan fingerprint density at radius 1 is 1.35 bits per heavy atom. The van der Waals surface area contributed by atoms with Crippen LogP contribution in [0, 0.1) is 4.77 Å². The highest BCUT2D eigenvalue weighted by atomic mass is 32.1. The van der Waals surface area contributed by atoms with Gasteiger partial charge in [0.05, 0.1) is 5.56 Å². The summed E-state index contributed by atoms with van der Waals surface area (Å²) in [5, 5.41) is 5.57. The molecule has 2 heterocycles. The van der Waals surface area contributed by atoms with Crippen LogP contribution in [0.15, 0.2) is 16.9 Å². The second kappa shape index (κ2) is 6.17. The lowest BCUT2D eigenvalue weighted by atomic mass is 10.1. The van der Waals surface area contributed by atoms with Crippen LogP contribution in [0.1, 0.15) is 45.2 Å². The highest BCUT2D eigenvalue weighted by Gasteiger charge is 2.14. The summed E-state index contributed by atoms with van der Waals surface area (Å²) in [5.74, 6) is 0.812. The van der Waals surface area contributed by atoms with Crippen LogP contribution in [0.2, 0.25) is 0 Å². The fourth-order valence-corrected chi connectivity index (χ4v) is 2.36. The molecule has 0 aliphatic carbocycles. The number of hydrogen-bond donors (Lipinski definition) is 2. The Labute approximate surface area is 123 Å². The van der Waals surface area contributed by atoms with Gasteiger partial charge in [0, 0.05) is 12.2 Å². The number of nitrogens with one attached hydrogen (secondary N) is 2. The van der Waals surface area contributed by atoms with Gasteiger partial charge in [-0.15, -0.1) is 0 Å². The average Bonchev–Trinajstić information content (AvgIpc) is 2.83. The largest absolute Gasteiger partial charge is 0.312 e. The molecule has 20 heavy (non-hydrogen) atoms. The van der Waals surface area contributed by atoms with Crippen molar-refractivity contribution in [1.82, 2.24) is 19.7 Å². The van der Waals surface area contributed by atoms with Gasteiger partial charge in [0.1, 0.15) is 0 Å². The molecular weight excluding hydrogens is 272 g/mol. The van der Waals surface area contributed by atoms with E-state index in [9.17, 15) is 4.79 Å². The van der Waals surface area contributed by atoms with Crippen molar-refractivity contribution in [2.24, 2.45) is 0 Å². The number of unbranched alkanes of at least 4 members (excludes halogenated alkanes) is 1. The van der Waals surface area contributed by atoms with Gasteiger partial charge in [-0.1, -0.05) is 27.2 Å². The Morgan fingerprint density at radius 2 is 2.10 bits per heavy atom. The van der Waals surface area contributed by atoms with Gasteiger partial charge < -0.3 is 4.57 Å². The number of nitrogens with zero attached hydrogens (tertiary/aromatic N) is 2. The van der Waals surface area contributed by atoms with E-state index in [1.54, 1.807) is 0 Å². The minimum Gasteiger partial charge on any atom is -0.312 e. The molecule has 0 fully saturated rings. The van der Waals surface area contributed by atoms with Crippen molar-refractivity contribution in [2.75, 3.05) is 0 Å². The Kier molecular flexibility index (Phi) is 4.54. The summed E-state index contributed by atoms with van der Waals surface area (Å²) in [4.78, 5) is 16.8. The predicted molar refractivity (Wildman–Crippen MR) is 82.5 cm³/mol. The maximum atomic E-state index is 12.7. The van der Waals surface area contributed by atoms with Crippen molar-refractivity contribution >= 4 is 12.2 Å². The van der Waals surface area contributed by atoms with Gasteiger partial charge in [-0.2, -0.15) is 4.98 Å². The van der Waals surface area contributed by atoms with E-state index in [0.717, 1.165) is 25.1 Å². The standard InChI is InChI=1S/C14H20N4OS/c1-4-5-8-18-11(9(2)3)7-6-10(13(18)19)12-15-14(20)17-16-12/h6-7,9H,4-5,8H2,1-3H3,(H2,15,16,17,20). The van der Waals surface area contributed by atoms with E-state index in [0.29, 0.717) is 22.1 Å². The molecule has 2 aromatic heterocycles. The molecule has 0 radical (unpaired) electrons. The molecule has 0 bridgehead atoms. The van der Waals surface area contributed by atoms with Gasteiger partial charge in [0.2, 0.25) is 4.77 Å². The summed E-state index contributed by atoms with van der Waals surface area (Å²) in [5.41, 5.74) is 1.60. The SMILES string of the molecule is CCCCn1c(C(C)C)ccc(-c2nc(=S)[nH][nH]2)c1=O. The molecule has 108 valence electrons. The van der Waals surface area contributed by atoms with Crippen LogP contribution < -0.4 is 5.56 Å². The number of pyridine rings is 1. The van der Waals surface area contributed by atoms with Crippen molar-refractivity contribution in [3.8, 4) is 11.4 Å². The molecule has 0 saturated carbocycles. The molecule has 0 spiro atoms. The van der Waals surface area contributed by atoms with Gasteiger partial charge in [-0.3, -0.25) is 15.0 Å². The van der Waals surface area contributed by atoms with E-state index in [4.69, 9.17) is 12.2 Å². The molecule has 0 aliphatic rings. The molecule has 2 rings (SSSR count). The first kappa shape index (κ1) is 14.7. The van der Waals surface area contributed by atoms with E-state index in [-0.39, 0.29) is 5.56 Å². The zero-order valence-corrected chi connectivity index (χ0v) is 12.9. The summed E-state index contributed by atoms with van der Waals surface area (Å²) < 4.78 is 2.21. The average molecular weight is 292 g/mol. The van der Waals surface area contributed by atoms with Crippen LogP contribution >= 0.6 is 12.2 Å². The van der Waals surface area contributed by atoms with Crippen LogP contribution in [0.3, 0.4) is 0 Å². The molecule has 6 heteroatoms. The molecular formula is C14H20N4OS. The van der Waals surface area contributed by atoms with E-state index in [1.807, 2.05) is 16.7 Å². The van der Waals surface area contributed by atoms with Crippen molar-refractivity contribution in [3.05, 3.63) is 33.0 Å². The summed E-state index contributed by atoms with van der Waals surface area (Å²) in [6.45, 7) is 7.05. The molecule has 0 aromatic carbocycles. The summed E-state index contributed by atoms with van der Waals surface area (Å²) >= 11 is 4.94. The van der Waals surface area contributed by atoms with Crippen molar-refractivity contribution in [2.45, 2.75) is 46.1 Å². The van der Waals surface area contributed by atoms with E-state index < -0.39 is 0 Å². The maximum Gasteiger partial charge on any atom is 0.261 e. The molecule has 5 nitrogen and oxygen atoms in total. The quantitative estimate of drug-likeness (QED) is 0.832. The molecule has 2 aromatic rings. The first-order valence-corrected chi connectivity index (χ1v) is 7.34. The van der Waals surface area contributed by atoms with E-state index in [2.05, 4.69) is 36.0 Å². The third-order valence-corrected chi connectivity index (χ3v) is 3.48. The van der Waals surface area contributed by atoms with Crippen molar-refractivity contribution < 1.29 is 0 Å². The topological polar surface area (TPSA) is 66.5 Å². The lowest BCUT2D eigenvalue weighted by Crippen LogP contribution is -2.26. The highest BCUT2D eigenvalue weighted by molar-refractivity contribution is 7.71. The highest BCUT2D eigenvalue weighted by Crippen LogP contribution is 2.17. The van der Waals surface area contributed by atoms with Crippen LogP contribution in [0.5, 0.6) is 0 Å². The van der Waals surface area contributed by atoms with Crippen molar-refractivity contribution in [1.29, 1.82) is 0 Å². The van der Waals surface area contributed by atoms with Crippen LogP contribution in [-0.4, -0.2) is 19.7 Å². The Bertz CT molecular complexity index is 696. The maximum absolute atomic E-state index is 12.7. The van der Waals surface area contributed by atoms with Gasteiger partial charge in [0.15, 0.2) is 5.82 Å². The minimum atomic E-state index is -0.0117. The first-order valence-electron chi connectivity index (χ1n) is 6.93. The fourth-order valence-electron chi connectivity index (χ4n) is 2.22. The Balaban J connectivity index is 2.56. The Hall–Kier alpha value is -1.69. The van der Waals surface area contributed by atoms with Crippen LogP contribution in [0.25, 0.3) is 11.4 Å². The summed E-state index contributed by atoms with van der Waals surface area (Å²) in [6.07, 6.45) is 2.04. The second-order valence-corrected chi connectivity index (χ2v) is 5.54. The van der Waals surface area contributed by atoms with Gasteiger partial charge in [-0.05, 0) is 36.7 Å². The zero-order valence-electron chi connectivity index (χ0n) is 12.1. The lowest BCUT2D eigenvalue weighted by Gasteiger charge is -2.16. The predicted octanol–water partition coefficient (Wildman–Crippen LogP) is 3.22. The third kappa shape index (κ3) is 2.90. The molecule has 0 atom stereocenters. The van der Waals surface area contributed by atoms with E-state index in [1.165, 1.54) is 0 Å². The number of aromatic amines is 2. The van der Waals surface area contributed by atoms with Crippen LogP contribution in [0.4, 0.5) is 0 Å². The molecule has 0 saturated heterocycles. The van der Waals surface area contributed by atoms with E-state index >= 15 is 0 Å². The van der Waals surface area contributed by atoms with Gasteiger partial charge in [0.25, 0.3) is 5.56 Å².